The molecule has 0 N–H and O–H groups in total. The Hall–Kier alpha value is -1.42. The molecule has 1 aromatic carbocycles. The van der Waals surface area contributed by atoms with Gasteiger partial charge in [0.15, 0.2) is 0 Å². The summed E-state index contributed by atoms with van der Waals surface area (Å²) in [5.74, 6) is -0.746. The van der Waals surface area contributed by atoms with Gasteiger partial charge in [-0.1, -0.05) is 6.07 Å². The van der Waals surface area contributed by atoms with Crippen molar-refractivity contribution >= 4 is 5.91 Å². The molecule has 0 aliphatic carbocycles. The van der Waals surface area contributed by atoms with Crippen molar-refractivity contribution in [1.82, 2.24) is 4.90 Å². The van der Waals surface area contributed by atoms with Gasteiger partial charge in [0.25, 0.3) is 5.91 Å². The Kier molecular flexibility index (Phi) is 5.78. The van der Waals surface area contributed by atoms with Crippen LogP contribution in [0.5, 0.6) is 0 Å². The van der Waals surface area contributed by atoms with Crippen molar-refractivity contribution in [3.63, 3.8) is 0 Å². The molecule has 0 aromatic heterocycles. The zero-order valence-electron chi connectivity index (χ0n) is 11.2. The molecule has 0 bridgehead atoms. The van der Waals surface area contributed by atoms with E-state index in [2.05, 4.69) is 0 Å². The lowest BCUT2D eigenvalue weighted by Crippen LogP contribution is -2.34. The van der Waals surface area contributed by atoms with E-state index in [1.807, 2.05) is 13.8 Å². The van der Waals surface area contributed by atoms with Crippen LogP contribution in [0.2, 0.25) is 0 Å². The van der Waals surface area contributed by atoms with Gasteiger partial charge in [0, 0.05) is 19.7 Å². The third-order valence-electron chi connectivity index (χ3n) is 2.73. The molecule has 1 rings (SSSR count). The van der Waals surface area contributed by atoms with Crippen molar-refractivity contribution in [2.24, 2.45) is 0 Å². The van der Waals surface area contributed by atoms with Gasteiger partial charge < -0.3 is 9.64 Å². The zero-order valence-corrected chi connectivity index (χ0v) is 11.2. The molecule has 0 radical (unpaired) electrons. The van der Waals surface area contributed by atoms with Gasteiger partial charge >= 0.3 is 0 Å². The molecule has 100 valence electrons. The number of likely N-dealkylation sites (N-methyl/N-ethyl adjacent to an activating group) is 1. The summed E-state index contributed by atoms with van der Waals surface area (Å²) in [6.07, 6.45) is 0. The number of ether oxygens (including phenoxy) is 1. The summed E-state index contributed by atoms with van der Waals surface area (Å²) in [6, 6.07) is 4.66. The van der Waals surface area contributed by atoms with E-state index in [9.17, 15) is 9.18 Å². The topological polar surface area (TPSA) is 29.5 Å². The lowest BCUT2D eigenvalue weighted by Gasteiger charge is -2.21. The second-order valence-corrected chi connectivity index (χ2v) is 4.07. The number of aryl methyl sites for hydroxylation is 1. The minimum Gasteiger partial charge on any atom is -0.380 e. The van der Waals surface area contributed by atoms with E-state index >= 15 is 0 Å². The molecule has 0 saturated carbocycles. The molecular formula is C14H20FNO2. The number of benzene rings is 1. The second-order valence-electron chi connectivity index (χ2n) is 4.07. The normalized spacial score (nSPS) is 10.4. The molecule has 4 heteroatoms. The maximum Gasteiger partial charge on any atom is 0.256 e. The van der Waals surface area contributed by atoms with Crippen LogP contribution in [0.3, 0.4) is 0 Å². The van der Waals surface area contributed by atoms with Crippen LogP contribution in [0.15, 0.2) is 18.2 Å². The highest BCUT2D eigenvalue weighted by atomic mass is 19.1. The zero-order chi connectivity index (χ0) is 13.5. The van der Waals surface area contributed by atoms with E-state index < -0.39 is 5.82 Å². The third kappa shape index (κ3) is 3.81. The Morgan fingerprint density at radius 2 is 2.11 bits per heavy atom. The average Bonchev–Trinajstić information content (AvgIpc) is 2.34. The molecule has 0 saturated heterocycles. The van der Waals surface area contributed by atoms with Crippen molar-refractivity contribution in [1.29, 1.82) is 0 Å². The van der Waals surface area contributed by atoms with Crippen LogP contribution in [0.1, 0.15) is 29.8 Å². The Labute approximate surface area is 108 Å². The molecule has 3 nitrogen and oxygen atoms in total. The Morgan fingerprint density at radius 1 is 1.39 bits per heavy atom. The van der Waals surface area contributed by atoms with Crippen LogP contribution >= 0.6 is 0 Å². The fourth-order valence-electron chi connectivity index (χ4n) is 1.69. The quantitative estimate of drug-likeness (QED) is 0.729. The smallest absolute Gasteiger partial charge is 0.256 e. The molecule has 0 spiro atoms. The summed E-state index contributed by atoms with van der Waals surface area (Å²) in [4.78, 5) is 13.7. The summed E-state index contributed by atoms with van der Waals surface area (Å²) in [5, 5.41) is 0. The highest BCUT2D eigenvalue weighted by Crippen LogP contribution is 2.12. The fraction of sp³-hybridized carbons (Fsp3) is 0.500. The van der Waals surface area contributed by atoms with Crippen molar-refractivity contribution < 1.29 is 13.9 Å². The standard InChI is InChI=1S/C14H20FNO2/c1-4-16(8-9-18-5-2)14(17)12-7-6-11(3)10-13(12)15/h6-7,10H,4-5,8-9H2,1-3H3. The number of amides is 1. The summed E-state index contributed by atoms with van der Waals surface area (Å²) < 4.78 is 18.9. The molecule has 0 unspecified atom stereocenters. The summed E-state index contributed by atoms with van der Waals surface area (Å²) >= 11 is 0. The molecule has 0 fully saturated rings. The Bertz CT molecular complexity index is 407. The van der Waals surface area contributed by atoms with Gasteiger partial charge in [0.05, 0.1) is 12.2 Å². The third-order valence-corrected chi connectivity index (χ3v) is 2.73. The van der Waals surface area contributed by atoms with E-state index in [0.29, 0.717) is 26.3 Å². The lowest BCUT2D eigenvalue weighted by molar-refractivity contribution is 0.0665. The van der Waals surface area contributed by atoms with Crippen molar-refractivity contribution in [3.8, 4) is 0 Å². The van der Waals surface area contributed by atoms with Crippen molar-refractivity contribution in [2.75, 3.05) is 26.3 Å². The second kappa shape index (κ2) is 7.11. The van der Waals surface area contributed by atoms with Crippen LogP contribution in [0.4, 0.5) is 4.39 Å². The number of carbonyl (C=O) groups is 1. The van der Waals surface area contributed by atoms with Gasteiger partial charge in [0.1, 0.15) is 5.82 Å². The largest absolute Gasteiger partial charge is 0.380 e. The molecule has 18 heavy (non-hydrogen) atoms. The van der Waals surface area contributed by atoms with Gasteiger partial charge in [-0.2, -0.15) is 0 Å². The number of rotatable bonds is 6. The van der Waals surface area contributed by atoms with Gasteiger partial charge in [-0.3, -0.25) is 4.79 Å². The summed E-state index contributed by atoms with van der Waals surface area (Å²) in [5.41, 5.74) is 0.931. The van der Waals surface area contributed by atoms with E-state index in [0.717, 1.165) is 5.56 Å². The van der Waals surface area contributed by atoms with E-state index in [-0.39, 0.29) is 11.5 Å². The van der Waals surface area contributed by atoms with Crippen LogP contribution in [-0.2, 0) is 4.74 Å². The monoisotopic (exact) mass is 253 g/mol. The maximum absolute atomic E-state index is 13.7. The molecule has 0 aliphatic rings. The minimum atomic E-state index is -0.463. The summed E-state index contributed by atoms with van der Waals surface area (Å²) in [7, 11) is 0. The lowest BCUT2D eigenvalue weighted by atomic mass is 10.1. The maximum atomic E-state index is 13.7. The molecular weight excluding hydrogens is 233 g/mol. The van der Waals surface area contributed by atoms with Gasteiger partial charge in [0.2, 0.25) is 0 Å². The first-order valence-electron chi connectivity index (χ1n) is 6.23. The minimum absolute atomic E-state index is 0.124. The average molecular weight is 253 g/mol. The van der Waals surface area contributed by atoms with Crippen LogP contribution in [-0.4, -0.2) is 37.1 Å². The predicted octanol–water partition coefficient (Wildman–Crippen LogP) is 2.63. The first-order valence-corrected chi connectivity index (χ1v) is 6.23. The number of hydrogen-bond donors (Lipinski definition) is 0. The van der Waals surface area contributed by atoms with E-state index in [4.69, 9.17) is 4.74 Å². The van der Waals surface area contributed by atoms with Crippen LogP contribution < -0.4 is 0 Å². The molecule has 1 aromatic rings. The fourth-order valence-corrected chi connectivity index (χ4v) is 1.69. The van der Waals surface area contributed by atoms with E-state index in [1.54, 1.807) is 17.9 Å². The molecule has 0 heterocycles. The SMILES string of the molecule is CCOCCN(CC)C(=O)c1ccc(C)cc1F. The summed E-state index contributed by atoms with van der Waals surface area (Å²) in [6.45, 7) is 7.68. The molecule has 1 amide bonds. The van der Waals surface area contributed by atoms with Gasteiger partial charge in [-0.05, 0) is 38.5 Å². The van der Waals surface area contributed by atoms with Crippen LogP contribution in [0, 0.1) is 12.7 Å². The van der Waals surface area contributed by atoms with Gasteiger partial charge in [-0.25, -0.2) is 4.39 Å². The van der Waals surface area contributed by atoms with Crippen molar-refractivity contribution in [3.05, 3.63) is 35.1 Å². The van der Waals surface area contributed by atoms with Crippen molar-refractivity contribution in [2.45, 2.75) is 20.8 Å². The number of nitrogens with zero attached hydrogens (tertiary/aromatic N) is 1. The highest BCUT2D eigenvalue weighted by molar-refractivity contribution is 5.94. The van der Waals surface area contributed by atoms with Gasteiger partial charge in [-0.15, -0.1) is 0 Å². The molecule has 0 aliphatic heterocycles. The highest BCUT2D eigenvalue weighted by Gasteiger charge is 2.17. The number of carbonyl (C=O) groups excluding carboxylic acids is 1. The van der Waals surface area contributed by atoms with E-state index in [1.165, 1.54) is 12.1 Å². The van der Waals surface area contributed by atoms with Crippen LogP contribution in [0.25, 0.3) is 0 Å². The Morgan fingerprint density at radius 3 is 2.67 bits per heavy atom. The number of halogens is 1. The number of hydrogen-bond acceptors (Lipinski definition) is 2. The Balaban J connectivity index is 2.76. The predicted molar refractivity (Wildman–Crippen MR) is 69.2 cm³/mol. The molecule has 0 atom stereocenters. The first-order chi connectivity index (χ1) is 8.60. The first kappa shape index (κ1) is 14.6.